The smallest absolute Gasteiger partial charge is 0.317 e. The lowest BCUT2D eigenvalue weighted by atomic mass is 10.1. The standard InChI is InChI=1S/C15H21N5O/c1-3-14(12-5-4-7-16-9-12)20(2)15(21)18-8-6-13-10-17-11-19-13/h4-5,7,9-11,14H,3,6,8H2,1-2H3,(H,17,19)(H,18,21)/t14-/m1/s1. The number of urea groups is 1. The van der Waals surface area contributed by atoms with Crippen molar-refractivity contribution in [2.75, 3.05) is 13.6 Å². The molecule has 0 spiro atoms. The number of imidazole rings is 1. The quantitative estimate of drug-likeness (QED) is 0.855. The number of H-pyrrole nitrogens is 1. The normalized spacial score (nSPS) is 11.9. The first-order valence-corrected chi connectivity index (χ1v) is 7.10. The molecule has 2 amide bonds. The van der Waals surface area contributed by atoms with Crippen LogP contribution in [0.4, 0.5) is 4.79 Å². The first kappa shape index (κ1) is 15.0. The molecule has 2 rings (SSSR count). The van der Waals surface area contributed by atoms with Crippen LogP contribution in [0.2, 0.25) is 0 Å². The zero-order valence-electron chi connectivity index (χ0n) is 12.4. The van der Waals surface area contributed by atoms with Crippen LogP contribution >= 0.6 is 0 Å². The van der Waals surface area contributed by atoms with Crippen LogP contribution in [0.1, 0.15) is 30.6 Å². The highest BCUT2D eigenvalue weighted by atomic mass is 16.2. The third-order valence-corrected chi connectivity index (χ3v) is 3.47. The molecule has 0 aliphatic rings. The monoisotopic (exact) mass is 287 g/mol. The Morgan fingerprint density at radius 2 is 2.29 bits per heavy atom. The Bertz CT molecular complexity index is 540. The summed E-state index contributed by atoms with van der Waals surface area (Å²) in [7, 11) is 1.81. The maximum absolute atomic E-state index is 12.2. The summed E-state index contributed by atoms with van der Waals surface area (Å²) in [6, 6.07) is 3.84. The third-order valence-electron chi connectivity index (χ3n) is 3.47. The molecule has 0 aliphatic heterocycles. The summed E-state index contributed by atoms with van der Waals surface area (Å²) in [5, 5.41) is 2.92. The molecule has 112 valence electrons. The van der Waals surface area contributed by atoms with Gasteiger partial charge in [-0.05, 0) is 18.1 Å². The van der Waals surface area contributed by atoms with E-state index >= 15 is 0 Å². The van der Waals surface area contributed by atoms with Gasteiger partial charge in [-0.2, -0.15) is 0 Å². The predicted octanol–water partition coefficient (Wildman–Crippen LogP) is 2.14. The minimum atomic E-state index is -0.0785. The Morgan fingerprint density at radius 1 is 1.43 bits per heavy atom. The maximum Gasteiger partial charge on any atom is 0.317 e. The second kappa shape index (κ2) is 7.42. The number of nitrogens with zero attached hydrogens (tertiary/aromatic N) is 3. The molecule has 0 unspecified atom stereocenters. The molecule has 0 aromatic carbocycles. The van der Waals surface area contributed by atoms with Gasteiger partial charge in [-0.1, -0.05) is 13.0 Å². The molecular formula is C15H21N5O. The van der Waals surface area contributed by atoms with Gasteiger partial charge in [0.1, 0.15) is 0 Å². The fourth-order valence-electron chi connectivity index (χ4n) is 2.30. The van der Waals surface area contributed by atoms with Gasteiger partial charge >= 0.3 is 6.03 Å². The van der Waals surface area contributed by atoms with Crippen LogP contribution in [0.15, 0.2) is 37.1 Å². The molecule has 0 saturated carbocycles. The van der Waals surface area contributed by atoms with Crippen molar-refractivity contribution in [3.05, 3.63) is 48.3 Å². The Hall–Kier alpha value is -2.37. The van der Waals surface area contributed by atoms with Gasteiger partial charge in [-0.3, -0.25) is 4.98 Å². The van der Waals surface area contributed by atoms with E-state index in [-0.39, 0.29) is 12.1 Å². The van der Waals surface area contributed by atoms with Crippen molar-refractivity contribution < 1.29 is 4.79 Å². The molecule has 0 radical (unpaired) electrons. The molecule has 6 nitrogen and oxygen atoms in total. The number of hydrogen-bond donors (Lipinski definition) is 2. The van der Waals surface area contributed by atoms with Crippen LogP contribution in [0.25, 0.3) is 0 Å². The van der Waals surface area contributed by atoms with Gasteiger partial charge in [0.05, 0.1) is 12.4 Å². The van der Waals surface area contributed by atoms with E-state index in [1.807, 2.05) is 25.4 Å². The van der Waals surface area contributed by atoms with Gasteiger partial charge in [0.25, 0.3) is 0 Å². The second-order valence-electron chi connectivity index (χ2n) is 4.88. The number of amides is 2. The van der Waals surface area contributed by atoms with Crippen LogP contribution < -0.4 is 5.32 Å². The highest BCUT2D eigenvalue weighted by Gasteiger charge is 2.19. The number of pyridine rings is 1. The highest BCUT2D eigenvalue weighted by Crippen LogP contribution is 2.21. The number of carbonyl (C=O) groups is 1. The molecule has 21 heavy (non-hydrogen) atoms. The fourth-order valence-corrected chi connectivity index (χ4v) is 2.30. The van der Waals surface area contributed by atoms with Crippen molar-refractivity contribution in [3.63, 3.8) is 0 Å². The van der Waals surface area contributed by atoms with Crippen molar-refractivity contribution >= 4 is 6.03 Å². The molecule has 0 aliphatic carbocycles. The van der Waals surface area contributed by atoms with Gasteiger partial charge < -0.3 is 15.2 Å². The van der Waals surface area contributed by atoms with Crippen LogP contribution in [0.5, 0.6) is 0 Å². The first-order valence-electron chi connectivity index (χ1n) is 7.10. The van der Waals surface area contributed by atoms with Gasteiger partial charge in [-0.25, -0.2) is 9.78 Å². The summed E-state index contributed by atoms with van der Waals surface area (Å²) in [6.45, 7) is 2.64. The van der Waals surface area contributed by atoms with Crippen molar-refractivity contribution in [3.8, 4) is 0 Å². The Kier molecular flexibility index (Phi) is 5.31. The fraction of sp³-hybridized carbons (Fsp3) is 0.400. The van der Waals surface area contributed by atoms with Crippen molar-refractivity contribution in [2.45, 2.75) is 25.8 Å². The number of nitrogens with one attached hydrogen (secondary N) is 2. The van der Waals surface area contributed by atoms with Gasteiger partial charge in [0.2, 0.25) is 0 Å². The molecule has 1 atom stereocenters. The number of carbonyl (C=O) groups excluding carboxylic acids is 1. The summed E-state index contributed by atoms with van der Waals surface area (Å²) >= 11 is 0. The molecular weight excluding hydrogens is 266 g/mol. The first-order chi connectivity index (χ1) is 10.2. The summed E-state index contributed by atoms with van der Waals surface area (Å²) in [6.07, 6.45) is 8.53. The molecule has 0 fully saturated rings. The average Bonchev–Trinajstić information content (AvgIpc) is 3.02. The number of aromatic amines is 1. The summed E-state index contributed by atoms with van der Waals surface area (Å²) < 4.78 is 0. The predicted molar refractivity (Wildman–Crippen MR) is 80.7 cm³/mol. The zero-order chi connectivity index (χ0) is 15.1. The van der Waals surface area contributed by atoms with Crippen LogP contribution in [0, 0.1) is 0 Å². The number of hydrogen-bond acceptors (Lipinski definition) is 3. The lowest BCUT2D eigenvalue weighted by Crippen LogP contribution is -2.40. The lowest BCUT2D eigenvalue weighted by molar-refractivity contribution is 0.189. The van der Waals surface area contributed by atoms with E-state index in [0.29, 0.717) is 6.54 Å². The minimum absolute atomic E-state index is 0.0332. The van der Waals surface area contributed by atoms with Gasteiger partial charge in [0.15, 0.2) is 0 Å². The average molecular weight is 287 g/mol. The van der Waals surface area contributed by atoms with E-state index in [2.05, 4.69) is 27.2 Å². The van der Waals surface area contributed by atoms with E-state index in [1.54, 1.807) is 23.6 Å². The zero-order valence-corrected chi connectivity index (χ0v) is 12.4. The van der Waals surface area contributed by atoms with E-state index in [1.165, 1.54) is 0 Å². The molecule has 0 saturated heterocycles. The highest BCUT2D eigenvalue weighted by molar-refractivity contribution is 5.74. The topological polar surface area (TPSA) is 73.9 Å². The van der Waals surface area contributed by atoms with Crippen molar-refractivity contribution in [2.24, 2.45) is 0 Å². The van der Waals surface area contributed by atoms with Gasteiger partial charge in [0, 0.05) is 44.3 Å². The lowest BCUT2D eigenvalue weighted by Gasteiger charge is -2.27. The van der Waals surface area contributed by atoms with E-state index in [4.69, 9.17) is 0 Å². The molecule has 2 heterocycles. The van der Waals surface area contributed by atoms with E-state index in [0.717, 1.165) is 24.1 Å². The molecule has 6 heteroatoms. The van der Waals surface area contributed by atoms with E-state index in [9.17, 15) is 4.79 Å². The third kappa shape index (κ3) is 4.05. The van der Waals surface area contributed by atoms with Crippen molar-refractivity contribution in [1.82, 2.24) is 25.2 Å². The summed E-state index contributed by atoms with van der Waals surface area (Å²) in [4.78, 5) is 25.0. The molecule has 0 bridgehead atoms. The SMILES string of the molecule is CC[C@H](c1cccnc1)N(C)C(=O)NCCc1cnc[nH]1. The largest absolute Gasteiger partial charge is 0.348 e. The van der Waals surface area contributed by atoms with Crippen LogP contribution in [-0.2, 0) is 6.42 Å². The van der Waals surface area contributed by atoms with Crippen LogP contribution in [-0.4, -0.2) is 39.5 Å². The number of aromatic nitrogens is 3. The Balaban J connectivity index is 1.88. The Labute approximate surface area is 124 Å². The van der Waals surface area contributed by atoms with Gasteiger partial charge in [-0.15, -0.1) is 0 Å². The number of rotatable bonds is 6. The molecule has 2 N–H and O–H groups in total. The minimum Gasteiger partial charge on any atom is -0.348 e. The second-order valence-corrected chi connectivity index (χ2v) is 4.88. The summed E-state index contributed by atoms with van der Waals surface area (Å²) in [5.41, 5.74) is 2.06. The molecule has 2 aromatic heterocycles. The van der Waals surface area contributed by atoms with Crippen molar-refractivity contribution in [1.29, 1.82) is 0 Å². The molecule has 2 aromatic rings. The van der Waals surface area contributed by atoms with E-state index < -0.39 is 0 Å². The maximum atomic E-state index is 12.2. The summed E-state index contributed by atoms with van der Waals surface area (Å²) in [5.74, 6) is 0. The Morgan fingerprint density at radius 3 is 2.90 bits per heavy atom. The van der Waals surface area contributed by atoms with Crippen LogP contribution in [0.3, 0.4) is 0 Å².